The Bertz CT molecular complexity index is 1330. The molecule has 0 aliphatic carbocycles. The van der Waals surface area contributed by atoms with E-state index in [-0.39, 0.29) is 28.1 Å². The van der Waals surface area contributed by atoms with Crippen LogP contribution in [0.15, 0.2) is 47.4 Å². The van der Waals surface area contributed by atoms with Crippen molar-refractivity contribution in [3.8, 4) is 11.8 Å². The first kappa shape index (κ1) is 28.4. The molecule has 3 rings (SSSR count). The van der Waals surface area contributed by atoms with Crippen molar-refractivity contribution in [2.24, 2.45) is 0 Å². The highest BCUT2D eigenvalue weighted by atomic mass is 32.2. The Hall–Kier alpha value is -3.17. The summed E-state index contributed by atoms with van der Waals surface area (Å²) in [6.07, 6.45) is -3.82. The number of nitriles is 1. The van der Waals surface area contributed by atoms with Gasteiger partial charge in [0.1, 0.15) is 11.3 Å². The third-order valence-corrected chi connectivity index (χ3v) is 8.30. The maximum atomic E-state index is 13.4. The van der Waals surface area contributed by atoms with Crippen LogP contribution in [0, 0.1) is 11.3 Å². The summed E-state index contributed by atoms with van der Waals surface area (Å²) in [5.41, 5.74) is -2.86. The molecule has 0 N–H and O–H groups in total. The maximum absolute atomic E-state index is 13.4. The molecular weight excluding hydrogens is 527 g/mol. The molecule has 1 saturated heterocycles. The number of sulfone groups is 1. The minimum absolute atomic E-state index is 0.0540. The molecule has 0 atom stereocenters. The zero-order valence-electron chi connectivity index (χ0n) is 20.5. The summed E-state index contributed by atoms with van der Waals surface area (Å²) in [7, 11) is -3.32. The third kappa shape index (κ3) is 5.88. The molecule has 37 heavy (non-hydrogen) atoms. The summed E-state index contributed by atoms with van der Waals surface area (Å²) >= 11 is 5.47. The summed E-state index contributed by atoms with van der Waals surface area (Å²) in [6, 6.07) is 10.7. The molecule has 2 aromatic carbocycles. The van der Waals surface area contributed by atoms with Crippen LogP contribution in [0.2, 0.25) is 0 Å². The number of alkyl halides is 3. The lowest BCUT2D eigenvalue weighted by molar-refractivity contribution is -0.137. The molecule has 0 radical (unpaired) electrons. The van der Waals surface area contributed by atoms with Gasteiger partial charge in [-0.2, -0.15) is 18.4 Å². The summed E-state index contributed by atoms with van der Waals surface area (Å²) in [5.74, 6) is 0.0582. The van der Waals surface area contributed by atoms with Gasteiger partial charge in [0.05, 0.1) is 40.1 Å². The highest BCUT2D eigenvalue weighted by Crippen LogP contribution is 2.37. The van der Waals surface area contributed by atoms with Crippen LogP contribution >= 0.6 is 12.2 Å². The van der Waals surface area contributed by atoms with Crippen molar-refractivity contribution in [2.75, 3.05) is 23.8 Å². The maximum Gasteiger partial charge on any atom is 0.417 e. The molecule has 0 saturated carbocycles. The van der Waals surface area contributed by atoms with Crippen molar-refractivity contribution in [3.05, 3.63) is 53.6 Å². The average molecular weight is 554 g/mol. The van der Waals surface area contributed by atoms with E-state index in [0.717, 1.165) is 17.0 Å². The molecule has 0 bridgehead atoms. The Morgan fingerprint density at radius 3 is 2.35 bits per heavy atom. The van der Waals surface area contributed by atoms with E-state index in [1.165, 1.54) is 24.3 Å². The van der Waals surface area contributed by atoms with E-state index in [1.807, 2.05) is 0 Å². The van der Waals surface area contributed by atoms with E-state index >= 15 is 0 Å². The van der Waals surface area contributed by atoms with Gasteiger partial charge in [0, 0.05) is 6.54 Å². The number of nitrogens with zero attached hydrogens (tertiary/aromatic N) is 3. The SMILES string of the molecule is CCCS(=O)(=O)c1ccc(OCCCN2C(=S)N(c3ccc(C#N)c(C(F)(F)F)c3)C(=O)C2(C)C)cc1. The molecule has 0 aromatic heterocycles. The standard InChI is InChI=1S/C25H26F3N3O4S2/c1-4-14-37(33,34)20-10-8-19(9-11-20)35-13-5-12-30-23(36)31(22(32)24(30,2)3)18-7-6-17(16-29)21(15-18)25(26,27)28/h6-11,15H,4-5,12-14H2,1-3H3. The molecule has 1 heterocycles. The van der Waals surface area contributed by atoms with Gasteiger partial charge in [0.25, 0.3) is 5.91 Å². The minimum Gasteiger partial charge on any atom is -0.494 e. The Balaban J connectivity index is 1.69. The van der Waals surface area contributed by atoms with Gasteiger partial charge in [-0.15, -0.1) is 0 Å². The van der Waals surface area contributed by atoms with Crippen molar-refractivity contribution in [1.29, 1.82) is 5.26 Å². The van der Waals surface area contributed by atoms with E-state index in [4.69, 9.17) is 22.2 Å². The molecule has 1 fully saturated rings. The van der Waals surface area contributed by atoms with Gasteiger partial charge < -0.3 is 9.64 Å². The molecule has 7 nitrogen and oxygen atoms in total. The topological polar surface area (TPSA) is 90.7 Å². The summed E-state index contributed by atoms with van der Waals surface area (Å²) < 4.78 is 70.3. The van der Waals surface area contributed by atoms with E-state index in [1.54, 1.807) is 37.8 Å². The highest BCUT2D eigenvalue weighted by molar-refractivity contribution is 7.91. The predicted molar refractivity (Wildman–Crippen MR) is 136 cm³/mol. The van der Waals surface area contributed by atoms with Crippen molar-refractivity contribution in [3.63, 3.8) is 0 Å². The Labute approximate surface area is 219 Å². The number of benzene rings is 2. The van der Waals surface area contributed by atoms with Crippen LogP contribution in [0.1, 0.15) is 44.7 Å². The number of anilines is 1. The van der Waals surface area contributed by atoms with Gasteiger partial charge in [-0.25, -0.2) is 8.42 Å². The van der Waals surface area contributed by atoms with Crippen molar-refractivity contribution >= 4 is 38.8 Å². The third-order valence-electron chi connectivity index (χ3n) is 5.96. The van der Waals surface area contributed by atoms with E-state index in [9.17, 15) is 26.4 Å². The second kappa shape index (κ2) is 10.7. The number of carbonyl (C=O) groups is 1. The molecule has 1 aliphatic rings. The van der Waals surface area contributed by atoms with Crippen LogP contribution in [0.5, 0.6) is 5.75 Å². The van der Waals surface area contributed by atoms with Crippen LogP contribution in [0.25, 0.3) is 0 Å². The number of amides is 1. The van der Waals surface area contributed by atoms with E-state index in [0.29, 0.717) is 25.1 Å². The normalized spacial score (nSPS) is 15.7. The van der Waals surface area contributed by atoms with Crippen molar-refractivity contribution in [2.45, 2.75) is 50.2 Å². The highest BCUT2D eigenvalue weighted by Gasteiger charge is 2.49. The predicted octanol–water partition coefficient (Wildman–Crippen LogP) is 4.94. The first-order valence-electron chi connectivity index (χ1n) is 11.5. The smallest absolute Gasteiger partial charge is 0.417 e. The number of carbonyl (C=O) groups excluding carboxylic acids is 1. The molecule has 1 amide bonds. The van der Waals surface area contributed by atoms with Crippen LogP contribution < -0.4 is 9.64 Å². The quantitative estimate of drug-likeness (QED) is 0.321. The van der Waals surface area contributed by atoms with Crippen LogP contribution in [0.4, 0.5) is 18.9 Å². The van der Waals surface area contributed by atoms with Gasteiger partial charge in [-0.1, -0.05) is 6.92 Å². The first-order valence-corrected chi connectivity index (χ1v) is 13.5. The fourth-order valence-electron chi connectivity index (χ4n) is 3.98. The van der Waals surface area contributed by atoms with Gasteiger partial charge in [0.15, 0.2) is 14.9 Å². The molecule has 1 aliphatic heterocycles. The number of hydrogen-bond acceptors (Lipinski definition) is 6. The molecular formula is C25H26F3N3O4S2. The van der Waals surface area contributed by atoms with Crippen LogP contribution in [0.3, 0.4) is 0 Å². The van der Waals surface area contributed by atoms with Gasteiger partial charge in [0.2, 0.25) is 0 Å². The lowest BCUT2D eigenvalue weighted by Crippen LogP contribution is -2.44. The van der Waals surface area contributed by atoms with Gasteiger partial charge >= 0.3 is 6.18 Å². The van der Waals surface area contributed by atoms with Gasteiger partial charge in [-0.3, -0.25) is 9.69 Å². The first-order chi connectivity index (χ1) is 17.2. The Morgan fingerprint density at radius 2 is 1.78 bits per heavy atom. The molecule has 0 unspecified atom stereocenters. The second-order valence-corrected chi connectivity index (χ2v) is 11.4. The molecule has 2 aromatic rings. The molecule has 0 spiro atoms. The monoisotopic (exact) mass is 553 g/mol. The number of ether oxygens (including phenoxy) is 1. The van der Waals surface area contributed by atoms with E-state index < -0.39 is 38.6 Å². The van der Waals surface area contributed by atoms with Crippen molar-refractivity contribution < 1.29 is 31.1 Å². The number of halogens is 3. The lowest BCUT2D eigenvalue weighted by Gasteiger charge is -2.29. The summed E-state index contributed by atoms with van der Waals surface area (Å²) in [5, 5.41) is 9.09. The molecule has 12 heteroatoms. The fourth-order valence-corrected chi connectivity index (χ4v) is 5.82. The van der Waals surface area contributed by atoms with Gasteiger partial charge in [-0.05, 0) is 81.4 Å². The zero-order valence-corrected chi connectivity index (χ0v) is 22.1. The average Bonchev–Trinajstić information content (AvgIpc) is 2.99. The van der Waals surface area contributed by atoms with Crippen LogP contribution in [-0.2, 0) is 20.8 Å². The lowest BCUT2D eigenvalue weighted by atomic mass is 10.0. The number of thiocarbonyl (C=S) groups is 1. The second-order valence-electron chi connectivity index (χ2n) is 8.97. The number of hydrogen-bond donors (Lipinski definition) is 0. The van der Waals surface area contributed by atoms with E-state index in [2.05, 4.69) is 0 Å². The van der Waals surface area contributed by atoms with Crippen LogP contribution in [-0.4, -0.2) is 48.8 Å². The Kier molecular flexibility index (Phi) is 8.19. The number of rotatable bonds is 9. The summed E-state index contributed by atoms with van der Waals surface area (Å²) in [6.45, 7) is 5.58. The van der Waals surface area contributed by atoms with Crippen molar-refractivity contribution in [1.82, 2.24) is 4.90 Å². The Morgan fingerprint density at radius 1 is 1.14 bits per heavy atom. The zero-order chi connectivity index (χ0) is 27.6. The molecule has 198 valence electrons. The largest absolute Gasteiger partial charge is 0.494 e. The summed E-state index contributed by atoms with van der Waals surface area (Å²) in [4.78, 5) is 16.1. The fraction of sp³-hybridized carbons (Fsp3) is 0.400. The minimum atomic E-state index is -4.77.